The molecule has 28 heavy (non-hydrogen) atoms. The van der Waals surface area contributed by atoms with Crippen molar-refractivity contribution in [1.82, 2.24) is 9.88 Å². The summed E-state index contributed by atoms with van der Waals surface area (Å²) in [6, 6.07) is 9.27. The van der Waals surface area contributed by atoms with Crippen molar-refractivity contribution < 1.29 is 14.0 Å². The van der Waals surface area contributed by atoms with Crippen LogP contribution in [0.3, 0.4) is 0 Å². The van der Waals surface area contributed by atoms with Crippen LogP contribution in [0.15, 0.2) is 58.0 Å². The zero-order chi connectivity index (χ0) is 19.1. The maximum atomic E-state index is 13.0. The van der Waals surface area contributed by atoms with E-state index < -0.39 is 0 Å². The van der Waals surface area contributed by atoms with Crippen LogP contribution >= 0.6 is 11.3 Å². The zero-order valence-corrected chi connectivity index (χ0v) is 16.0. The Kier molecular flexibility index (Phi) is 4.05. The molecular formula is C21H19N3O3S. The summed E-state index contributed by atoms with van der Waals surface area (Å²) >= 11 is 1.51. The SMILES string of the molecule is O=C(Cc1ccco1)N1CCC2(C1)CN(C(=O)c1ccsc1)c1cccnc12. The lowest BCUT2D eigenvalue weighted by molar-refractivity contribution is -0.129. The molecule has 2 aliphatic rings. The first-order valence-electron chi connectivity index (χ1n) is 9.26. The van der Waals surface area contributed by atoms with Crippen LogP contribution < -0.4 is 4.90 Å². The Bertz CT molecular complexity index is 1020. The molecule has 0 bridgehead atoms. The normalized spacial score (nSPS) is 20.7. The van der Waals surface area contributed by atoms with Gasteiger partial charge in [0.25, 0.3) is 5.91 Å². The number of aromatic nitrogens is 1. The van der Waals surface area contributed by atoms with Gasteiger partial charge in [-0.3, -0.25) is 14.6 Å². The topological polar surface area (TPSA) is 66.7 Å². The number of hydrogen-bond donors (Lipinski definition) is 0. The van der Waals surface area contributed by atoms with E-state index in [0.29, 0.717) is 31.0 Å². The van der Waals surface area contributed by atoms with Crippen LogP contribution in [0, 0.1) is 0 Å². The lowest BCUT2D eigenvalue weighted by atomic mass is 9.85. The summed E-state index contributed by atoms with van der Waals surface area (Å²) in [5, 5.41) is 3.78. The number of carbonyl (C=O) groups is 2. The number of likely N-dealkylation sites (tertiary alicyclic amines) is 1. The van der Waals surface area contributed by atoms with Crippen LogP contribution in [-0.4, -0.2) is 41.3 Å². The summed E-state index contributed by atoms with van der Waals surface area (Å²) in [6.45, 7) is 1.79. The monoisotopic (exact) mass is 393 g/mol. The average Bonchev–Trinajstić information content (AvgIpc) is 3.51. The van der Waals surface area contributed by atoms with Crippen molar-refractivity contribution in [3.8, 4) is 0 Å². The van der Waals surface area contributed by atoms with E-state index in [4.69, 9.17) is 4.42 Å². The molecule has 3 aromatic heterocycles. The average molecular weight is 393 g/mol. The summed E-state index contributed by atoms with van der Waals surface area (Å²) in [5.41, 5.74) is 2.17. The Morgan fingerprint density at radius 2 is 2.14 bits per heavy atom. The molecule has 2 aliphatic heterocycles. The third kappa shape index (κ3) is 2.74. The fraction of sp³-hybridized carbons (Fsp3) is 0.286. The highest BCUT2D eigenvalue weighted by molar-refractivity contribution is 7.08. The van der Waals surface area contributed by atoms with Gasteiger partial charge in [0, 0.05) is 31.2 Å². The van der Waals surface area contributed by atoms with Gasteiger partial charge < -0.3 is 14.2 Å². The Hall–Kier alpha value is -2.93. The summed E-state index contributed by atoms with van der Waals surface area (Å²) in [5.74, 6) is 0.713. The second-order valence-electron chi connectivity index (χ2n) is 7.38. The molecule has 3 aromatic rings. The molecule has 0 radical (unpaired) electrons. The molecule has 1 saturated heterocycles. The lowest BCUT2D eigenvalue weighted by Crippen LogP contribution is -2.40. The minimum Gasteiger partial charge on any atom is -0.469 e. The van der Waals surface area contributed by atoms with E-state index in [9.17, 15) is 9.59 Å². The van der Waals surface area contributed by atoms with Gasteiger partial charge in [0.05, 0.1) is 35.0 Å². The van der Waals surface area contributed by atoms with Gasteiger partial charge in [-0.2, -0.15) is 11.3 Å². The van der Waals surface area contributed by atoms with Crippen LogP contribution in [0.2, 0.25) is 0 Å². The van der Waals surface area contributed by atoms with E-state index in [0.717, 1.165) is 17.8 Å². The number of anilines is 1. The van der Waals surface area contributed by atoms with Crippen molar-refractivity contribution >= 4 is 28.8 Å². The van der Waals surface area contributed by atoms with Crippen LogP contribution in [0.25, 0.3) is 0 Å². The molecule has 1 spiro atoms. The number of fused-ring (bicyclic) bond motifs is 2. The maximum Gasteiger partial charge on any atom is 0.259 e. The summed E-state index contributed by atoms with van der Waals surface area (Å²) in [7, 11) is 0. The summed E-state index contributed by atoms with van der Waals surface area (Å²) in [4.78, 5) is 34.1. The summed E-state index contributed by atoms with van der Waals surface area (Å²) < 4.78 is 5.32. The summed E-state index contributed by atoms with van der Waals surface area (Å²) in [6.07, 6.45) is 4.41. The van der Waals surface area contributed by atoms with Crippen molar-refractivity contribution in [2.75, 3.05) is 24.5 Å². The highest BCUT2D eigenvalue weighted by Gasteiger charge is 2.50. The van der Waals surface area contributed by atoms with Crippen molar-refractivity contribution in [2.45, 2.75) is 18.3 Å². The molecule has 6 nitrogen and oxygen atoms in total. The van der Waals surface area contributed by atoms with E-state index in [-0.39, 0.29) is 23.7 Å². The molecule has 1 fully saturated rings. The first-order chi connectivity index (χ1) is 13.7. The van der Waals surface area contributed by atoms with Crippen LogP contribution in [-0.2, 0) is 16.6 Å². The van der Waals surface area contributed by atoms with E-state index in [1.807, 2.05) is 44.8 Å². The minimum absolute atomic E-state index is 0.00672. The van der Waals surface area contributed by atoms with Gasteiger partial charge in [0.15, 0.2) is 0 Å². The lowest BCUT2D eigenvalue weighted by Gasteiger charge is -2.25. The van der Waals surface area contributed by atoms with Crippen molar-refractivity contribution in [3.05, 3.63) is 70.6 Å². The molecule has 0 aromatic carbocycles. The smallest absolute Gasteiger partial charge is 0.259 e. The Morgan fingerprint density at radius 1 is 1.21 bits per heavy atom. The number of furan rings is 1. The first-order valence-corrected chi connectivity index (χ1v) is 10.2. The molecule has 0 N–H and O–H groups in total. The highest BCUT2D eigenvalue weighted by atomic mass is 32.1. The maximum absolute atomic E-state index is 13.0. The molecule has 7 heteroatoms. The van der Waals surface area contributed by atoms with Gasteiger partial charge in [-0.05, 0) is 42.1 Å². The molecule has 0 saturated carbocycles. The van der Waals surface area contributed by atoms with Gasteiger partial charge in [-0.25, -0.2) is 0 Å². The predicted octanol–water partition coefficient (Wildman–Crippen LogP) is 3.11. The molecule has 2 amide bonds. The van der Waals surface area contributed by atoms with Gasteiger partial charge in [-0.15, -0.1) is 0 Å². The molecule has 1 atom stereocenters. The van der Waals surface area contributed by atoms with E-state index in [1.165, 1.54) is 11.3 Å². The molecule has 1 unspecified atom stereocenters. The molecule has 5 rings (SSSR count). The van der Waals surface area contributed by atoms with Gasteiger partial charge >= 0.3 is 0 Å². The highest BCUT2D eigenvalue weighted by Crippen LogP contribution is 2.45. The Balaban J connectivity index is 1.41. The fourth-order valence-electron chi connectivity index (χ4n) is 4.29. The Morgan fingerprint density at radius 3 is 2.93 bits per heavy atom. The van der Waals surface area contributed by atoms with E-state index in [2.05, 4.69) is 4.98 Å². The first kappa shape index (κ1) is 17.2. The molecule has 0 aliphatic carbocycles. The van der Waals surface area contributed by atoms with Gasteiger partial charge in [0.1, 0.15) is 5.76 Å². The zero-order valence-electron chi connectivity index (χ0n) is 15.2. The van der Waals surface area contributed by atoms with E-state index >= 15 is 0 Å². The number of hydrogen-bond acceptors (Lipinski definition) is 5. The third-order valence-electron chi connectivity index (χ3n) is 5.67. The largest absolute Gasteiger partial charge is 0.469 e. The minimum atomic E-state index is -0.304. The standard InChI is InChI=1S/C21H19N3O3S/c25-18(11-16-3-2-9-27-16)23-8-6-21(13-23)14-24(17-4-1-7-22-19(17)21)20(26)15-5-10-28-12-15/h1-5,7,9-10,12H,6,8,11,13-14H2. The van der Waals surface area contributed by atoms with E-state index in [1.54, 1.807) is 18.5 Å². The Labute approximate surface area is 166 Å². The third-order valence-corrected chi connectivity index (χ3v) is 6.35. The van der Waals surface area contributed by atoms with Gasteiger partial charge in [-0.1, -0.05) is 0 Å². The molecular weight excluding hydrogens is 374 g/mol. The number of carbonyl (C=O) groups excluding carboxylic acids is 2. The van der Waals surface area contributed by atoms with Gasteiger partial charge in [0.2, 0.25) is 5.91 Å². The number of rotatable bonds is 3. The van der Waals surface area contributed by atoms with Crippen LogP contribution in [0.5, 0.6) is 0 Å². The number of nitrogens with zero attached hydrogens (tertiary/aromatic N) is 3. The second-order valence-corrected chi connectivity index (χ2v) is 8.16. The number of thiophene rings is 1. The van der Waals surface area contributed by atoms with Crippen molar-refractivity contribution in [3.63, 3.8) is 0 Å². The van der Waals surface area contributed by atoms with Crippen molar-refractivity contribution in [1.29, 1.82) is 0 Å². The second kappa shape index (κ2) is 6.60. The number of amides is 2. The quantitative estimate of drug-likeness (QED) is 0.686. The van der Waals surface area contributed by atoms with Crippen molar-refractivity contribution in [2.24, 2.45) is 0 Å². The van der Waals surface area contributed by atoms with Crippen LogP contribution in [0.1, 0.15) is 28.2 Å². The van der Waals surface area contributed by atoms with Crippen LogP contribution in [0.4, 0.5) is 5.69 Å². The molecule has 142 valence electrons. The predicted molar refractivity (Wildman–Crippen MR) is 106 cm³/mol. The molecule has 5 heterocycles. The fourth-order valence-corrected chi connectivity index (χ4v) is 4.92. The number of pyridine rings is 1.